The van der Waals surface area contributed by atoms with Gasteiger partial charge in [-0.15, -0.1) is 0 Å². The first kappa shape index (κ1) is 14.9. The van der Waals surface area contributed by atoms with E-state index in [1.54, 1.807) is 6.07 Å². The molecule has 2 rings (SSSR count). The van der Waals surface area contributed by atoms with E-state index in [1.165, 1.54) is 12.1 Å². The summed E-state index contributed by atoms with van der Waals surface area (Å²) in [5, 5.41) is 1.02. The van der Waals surface area contributed by atoms with Gasteiger partial charge in [-0.2, -0.15) is 13.2 Å². The summed E-state index contributed by atoms with van der Waals surface area (Å²) in [6, 6.07) is 8.22. The molecule has 0 radical (unpaired) electrons. The molecule has 0 amide bonds. The van der Waals surface area contributed by atoms with E-state index in [2.05, 4.69) is 13.8 Å². The van der Waals surface area contributed by atoms with Crippen LogP contribution in [0.15, 0.2) is 30.3 Å². The van der Waals surface area contributed by atoms with Crippen molar-refractivity contribution in [3.05, 3.63) is 47.0 Å². The number of alkyl halides is 3. The fourth-order valence-electron chi connectivity index (χ4n) is 2.51. The number of fused-ring (bicyclic) bond motifs is 1. The van der Waals surface area contributed by atoms with Crippen LogP contribution >= 0.6 is 0 Å². The third kappa shape index (κ3) is 2.67. The van der Waals surface area contributed by atoms with Gasteiger partial charge in [0.25, 0.3) is 0 Å². The van der Waals surface area contributed by atoms with Gasteiger partial charge in [0.15, 0.2) is 0 Å². The molecule has 0 fully saturated rings. The van der Waals surface area contributed by atoms with Gasteiger partial charge >= 0.3 is 6.18 Å². The molecule has 0 N–H and O–H groups in total. The fraction of sp³-hybridized carbons (Fsp3) is 0.412. The maximum Gasteiger partial charge on any atom is 0.417 e. The molecular formula is C17H19F3. The Morgan fingerprint density at radius 2 is 1.55 bits per heavy atom. The van der Waals surface area contributed by atoms with E-state index in [-0.39, 0.29) is 5.92 Å². The van der Waals surface area contributed by atoms with Gasteiger partial charge < -0.3 is 0 Å². The maximum absolute atomic E-state index is 13.2. The zero-order valence-electron chi connectivity index (χ0n) is 12.2. The molecule has 2 aromatic carbocycles. The first-order valence-corrected chi connectivity index (χ1v) is 6.85. The quantitative estimate of drug-likeness (QED) is 0.623. The SMILES string of the molecule is CC(C)c1cc(C(C)C)c2c(C(F)(F)F)cccc2c1. The Morgan fingerprint density at radius 3 is 2.05 bits per heavy atom. The Bertz CT molecular complexity index is 622. The minimum atomic E-state index is -4.32. The molecule has 108 valence electrons. The fourth-order valence-corrected chi connectivity index (χ4v) is 2.51. The molecule has 0 atom stereocenters. The van der Waals surface area contributed by atoms with Crippen LogP contribution in [0.5, 0.6) is 0 Å². The van der Waals surface area contributed by atoms with Crippen LogP contribution in [0.1, 0.15) is 56.2 Å². The molecule has 0 saturated heterocycles. The van der Waals surface area contributed by atoms with Crippen molar-refractivity contribution < 1.29 is 13.2 Å². The molecule has 0 aliphatic rings. The monoisotopic (exact) mass is 280 g/mol. The van der Waals surface area contributed by atoms with Gasteiger partial charge in [0.05, 0.1) is 5.56 Å². The number of rotatable bonds is 2. The summed E-state index contributed by atoms with van der Waals surface area (Å²) in [7, 11) is 0. The maximum atomic E-state index is 13.2. The lowest BCUT2D eigenvalue weighted by molar-refractivity contribution is -0.136. The Balaban J connectivity index is 2.87. The van der Waals surface area contributed by atoms with E-state index in [1.807, 2.05) is 26.0 Å². The van der Waals surface area contributed by atoms with E-state index in [9.17, 15) is 13.2 Å². The van der Waals surface area contributed by atoms with Crippen molar-refractivity contribution in [3.63, 3.8) is 0 Å². The van der Waals surface area contributed by atoms with Gasteiger partial charge in [-0.1, -0.05) is 52.0 Å². The summed E-state index contributed by atoms with van der Waals surface area (Å²) in [6.45, 7) is 7.98. The molecular weight excluding hydrogens is 261 g/mol. The van der Waals surface area contributed by atoms with E-state index in [0.717, 1.165) is 11.1 Å². The highest BCUT2D eigenvalue weighted by molar-refractivity contribution is 5.90. The molecule has 0 saturated carbocycles. The molecule has 0 heterocycles. The van der Waals surface area contributed by atoms with Crippen LogP contribution in [-0.2, 0) is 6.18 Å². The van der Waals surface area contributed by atoms with Gasteiger partial charge in [0.1, 0.15) is 0 Å². The van der Waals surface area contributed by atoms with Crippen LogP contribution in [-0.4, -0.2) is 0 Å². The highest BCUT2D eigenvalue weighted by atomic mass is 19.4. The molecule has 0 aromatic heterocycles. The van der Waals surface area contributed by atoms with Crippen LogP contribution in [0.4, 0.5) is 13.2 Å². The molecule has 20 heavy (non-hydrogen) atoms. The van der Waals surface area contributed by atoms with Crippen molar-refractivity contribution in [1.29, 1.82) is 0 Å². The molecule has 0 aliphatic carbocycles. The van der Waals surface area contributed by atoms with E-state index < -0.39 is 11.7 Å². The van der Waals surface area contributed by atoms with Gasteiger partial charge in [0, 0.05) is 0 Å². The van der Waals surface area contributed by atoms with Crippen LogP contribution in [0, 0.1) is 0 Å². The third-order valence-electron chi connectivity index (χ3n) is 3.62. The smallest absolute Gasteiger partial charge is 0.166 e. The second kappa shape index (κ2) is 5.12. The lowest BCUT2D eigenvalue weighted by atomic mass is 9.88. The predicted molar refractivity (Wildman–Crippen MR) is 77.1 cm³/mol. The van der Waals surface area contributed by atoms with Crippen molar-refractivity contribution in [2.75, 3.05) is 0 Å². The standard InChI is InChI=1S/C17H19F3/c1-10(2)13-8-12-6-5-7-15(17(18,19)20)16(12)14(9-13)11(3)4/h5-11H,1-4H3. The zero-order chi connectivity index (χ0) is 15.1. The second-order valence-corrected chi connectivity index (χ2v) is 5.82. The normalized spacial score (nSPS) is 12.7. The molecule has 3 heteroatoms. The van der Waals surface area contributed by atoms with E-state index >= 15 is 0 Å². The molecule has 0 nitrogen and oxygen atoms in total. The Kier molecular flexibility index (Phi) is 3.81. The Labute approximate surface area is 117 Å². The summed E-state index contributed by atoms with van der Waals surface area (Å²) < 4.78 is 39.7. The summed E-state index contributed by atoms with van der Waals surface area (Å²) in [5.74, 6) is 0.353. The molecule has 0 aliphatic heterocycles. The molecule has 0 unspecified atom stereocenters. The van der Waals surface area contributed by atoms with Crippen LogP contribution in [0.25, 0.3) is 10.8 Å². The largest absolute Gasteiger partial charge is 0.417 e. The Morgan fingerprint density at radius 1 is 0.900 bits per heavy atom. The van der Waals surface area contributed by atoms with E-state index in [0.29, 0.717) is 16.7 Å². The Hall–Kier alpha value is -1.51. The number of hydrogen-bond acceptors (Lipinski definition) is 0. The van der Waals surface area contributed by atoms with Gasteiger partial charge in [-0.25, -0.2) is 0 Å². The number of hydrogen-bond donors (Lipinski definition) is 0. The first-order valence-electron chi connectivity index (χ1n) is 6.85. The van der Waals surface area contributed by atoms with Crippen molar-refractivity contribution in [1.82, 2.24) is 0 Å². The van der Waals surface area contributed by atoms with Crippen molar-refractivity contribution >= 4 is 10.8 Å². The highest BCUT2D eigenvalue weighted by Crippen LogP contribution is 2.39. The van der Waals surface area contributed by atoms with Gasteiger partial charge in [0.2, 0.25) is 0 Å². The van der Waals surface area contributed by atoms with Crippen LogP contribution in [0.3, 0.4) is 0 Å². The third-order valence-corrected chi connectivity index (χ3v) is 3.62. The minimum Gasteiger partial charge on any atom is -0.166 e. The van der Waals surface area contributed by atoms with Crippen molar-refractivity contribution in [2.24, 2.45) is 0 Å². The molecule has 2 aromatic rings. The van der Waals surface area contributed by atoms with E-state index in [4.69, 9.17) is 0 Å². The topological polar surface area (TPSA) is 0 Å². The highest BCUT2D eigenvalue weighted by Gasteiger charge is 2.33. The first-order chi connectivity index (χ1) is 9.21. The van der Waals surface area contributed by atoms with Gasteiger partial charge in [-0.05, 0) is 39.8 Å². The van der Waals surface area contributed by atoms with Crippen LogP contribution < -0.4 is 0 Å². The second-order valence-electron chi connectivity index (χ2n) is 5.82. The number of halogens is 3. The lowest BCUT2D eigenvalue weighted by Gasteiger charge is -2.19. The van der Waals surface area contributed by atoms with Crippen molar-refractivity contribution in [2.45, 2.75) is 45.7 Å². The predicted octanol–water partition coefficient (Wildman–Crippen LogP) is 6.11. The minimum absolute atomic E-state index is 0.0553. The van der Waals surface area contributed by atoms with Gasteiger partial charge in [-0.3, -0.25) is 0 Å². The summed E-state index contributed by atoms with van der Waals surface area (Å²) in [5.41, 5.74) is 1.33. The summed E-state index contributed by atoms with van der Waals surface area (Å²) >= 11 is 0. The average molecular weight is 280 g/mol. The summed E-state index contributed by atoms with van der Waals surface area (Å²) in [6.07, 6.45) is -4.32. The number of benzene rings is 2. The average Bonchev–Trinajstić information content (AvgIpc) is 2.35. The lowest BCUT2D eigenvalue weighted by Crippen LogP contribution is -2.08. The molecule has 0 spiro atoms. The summed E-state index contributed by atoms with van der Waals surface area (Å²) in [4.78, 5) is 0. The molecule has 0 bridgehead atoms. The van der Waals surface area contributed by atoms with Crippen molar-refractivity contribution in [3.8, 4) is 0 Å². The zero-order valence-corrected chi connectivity index (χ0v) is 12.2. The van der Waals surface area contributed by atoms with Crippen LogP contribution in [0.2, 0.25) is 0 Å².